The number of likely N-dealkylation sites (tertiary alicyclic amines) is 1. The predicted octanol–water partition coefficient (Wildman–Crippen LogP) is 2.88. The van der Waals surface area contributed by atoms with Gasteiger partial charge < -0.3 is 0 Å². The summed E-state index contributed by atoms with van der Waals surface area (Å²) in [7, 11) is 0. The molecule has 1 unspecified atom stereocenters. The first-order valence-electron chi connectivity index (χ1n) is 5.95. The van der Waals surface area contributed by atoms with E-state index < -0.39 is 0 Å². The van der Waals surface area contributed by atoms with Crippen LogP contribution in [-0.2, 0) is 6.54 Å². The molecule has 88 valence electrons. The maximum absolute atomic E-state index is 4.22. The van der Waals surface area contributed by atoms with Gasteiger partial charge in [0, 0.05) is 36.1 Å². The molecule has 0 spiro atoms. The second-order valence-electron chi connectivity index (χ2n) is 4.38. The molecule has 0 aromatic carbocycles. The van der Waals surface area contributed by atoms with Crippen molar-refractivity contribution in [3.05, 3.63) is 46.7 Å². The van der Waals surface area contributed by atoms with Gasteiger partial charge in [-0.1, -0.05) is 6.07 Å². The number of nitrogens with zero attached hydrogens (tertiary/aromatic N) is 3. The summed E-state index contributed by atoms with van der Waals surface area (Å²) >= 11 is 1.74. The Morgan fingerprint density at radius 3 is 3.12 bits per heavy atom. The molecule has 0 radical (unpaired) electrons. The fourth-order valence-electron chi connectivity index (χ4n) is 2.49. The molecular formula is C13H15N3S. The minimum atomic E-state index is 0.533. The van der Waals surface area contributed by atoms with Crippen molar-refractivity contribution in [3.8, 4) is 0 Å². The quantitative estimate of drug-likeness (QED) is 0.832. The van der Waals surface area contributed by atoms with Crippen LogP contribution in [0.15, 0.2) is 36.2 Å². The van der Waals surface area contributed by atoms with Gasteiger partial charge in [0.25, 0.3) is 0 Å². The summed E-state index contributed by atoms with van der Waals surface area (Å²) in [5.74, 6) is 0. The molecule has 4 heteroatoms. The maximum Gasteiger partial charge on any atom is 0.0794 e. The van der Waals surface area contributed by atoms with Crippen molar-refractivity contribution in [2.45, 2.75) is 25.4 Å². The molecule has 0 N–H and O–H groups in total. The molecule has 2 aromatic heterocycles. The standard InChI is InChI=1S/C13H15N3S/c1-3-11(7-14-5-1)13-4-2-6-16(13)9-12-8-15-10-17-12/h1,3,5,7-8,10,13H,2,4,6,9H2. The van der Waals surface area contributed by atoms with Crippen LogP contribution in [0, 0.1) is 0 Å². The molecule has 1 atom stereocenters. The Balaban J connectivity index is 1.76. The fraction of sp³-hybridized carbons (Fsp3) is 0.385. The highest BCUT2D eigenvalue weighted by Crippen LogP contribution is 2.32. The largest absolute Gasteiger partial charge is 0.291 e. The van der Waals surface area contributed by atoms with E-state index in [1.54, 1.807) is 11.3 Å². The van der Waals surface area contributed by atoms with E-state index in [1.165, 1.54) is 29.8 Å². The molecule has 0 saturated carbocycles. The lowest BCUT2D eigenvalue weighted by Gasteiger charge is -2.23. The van der Waals surface area contributed by atoms with Gasteiger partial charge in [0.1, 0.15) is 0 Å². The third-order valence-electron chi connectivity index (χ3n) is 3.28. The Hall–Kier alpha value is -1.26. The molecule has 0 aliphatic carbocycles. The van der Waals surface area contributed by atoms with Crippen molar-refractivity contribution in [2.75, 3.05) is 6.54 Å². The first kappa shape index (κ1) is 10.9. The van der Waals surface area contributed by atoms with E-state index in [-0.39, 0.29) is 0 Å². The smallest absolute Gasteiger partial charge is 0.0794 e. The molecule has 0 bridgehead atoms. The average Bonchev–Trinajstić information content (AvgIpc) is 3.02. The van der Waals surface area contributed by atoms with Crippen LogP contribution in [0.4, 0.5) is 0 Å². The highest BCUT2D eigenvalue weighted by molar-refractivity contribution is 7.09. The molecule has 1 aliphatic rings. The maximum atomic E-state index is 4.22. The number of aromatic nitrogens is 2. The molecule has 17 heavy (non-hydrogen) atoms. The van der Waals surface area contributed by atoms with Gasteiger partial charge in [-0.25, -0.2) is 0 Å². The number of hydrogen-bond donors (Lipinski definition) is 0. The summed E-state index contributed by atoms with van der Waals surface area (Å²) in [6.45, 7) is 2.20. The van der Waals surface area contributed by atoms with Crippen LogP contribution in [0.25, 0.3) is 0 Å². The summed E-state index contributed by atoms with van der Waals surface area (Å²) in [5.41, 5.74) is 3.25. The molecule has 3 nitrogen and oxygen atoms in total. The lowest BCUT2D eigenvalue weighted by molar-refractivity contribution is 0.250. The van der Waals surface area contributed by atoms with E-state index in [0.29, 0.717) is 6.04 Å². The second-order valence-corrected chi connectivity index (χ2v) is 5.35. The van der Waals surface area contributed by atoms with Crippen molar-refractivity contribution in [3.63, 3.8) is 0 Å². The molecule has 3 heterocycles. The number of pyridine rings is 1. The summed E-state index contributed by atoms with van der Waals surface area (Å²) < 4.78 is 0. The summed E-state index contributed by atoms with van der Waals surface area (Å²) in [4.78, 5) is 12.2. The van der Waals surface area contributed by atoms with Crippen molar-refractivity contribution in [1.82, 2.24) is 14.9 Å². The van der Waals surface area contributed by atoms with Crippen molar-refractivity contribution >= 4 is 11.3 Å². The lowest BCUT2D eigenvalue weighted by atomic mass is 10.1. The van der Waals surface area contributed by atoms with E-state index in [2.05, 4.69) is 20.9 Å². The van der Waals surface area contributed by atoms with E-state index in [1.807, 2.05) is 30.2 Å². The minimum absolute atomic E-state index is 0.533. The normalized spacial score (nSPS) is 20.8. The molecule has 1 aliphatic heterocycles. The molecular weight excluding hydrogens is 230 g/mol. The molecule has 1 fully saturated rings. The van der Waals surface area contributed by atoms with E-state index >= 15 is 0 Å². The van der Waals surface area contributed by atoms with Crippen LogP contribution in [0.3, 0.4) is 0 Å². The van der Waals surface area contributed by atoms with Crippen LogP contribution in [0.5, 0.6) is 0 Å². The first-order chi connectivity index (χ1) is 8.43. The monoisotopic (exact) mass is 245 g/mol. The van der Waals surface area contributed by atoms with Crippen LogP contribution in [0.2, 0.25) is 0 Å². The molecule has 2 aromatic rings. The Morgan fingerprint density at radius 2 is 2.35 bits per heavy atom. The Labute approximate surface area is 105 Å². The number of thiazole rings is 1. The van der Waals surface area contributed by atoms with Crippen molar-refractivity contribution in [2.24, 2.45) is 0 Å². The van der Waals surface area contributed by atoms with E-state index in [4.69, 9.17) is 0 Å². The number of hydrogen-bond acceptors (Lipinski definition) is 4. The molecule has 0 amide bonds. The van der Waals surface area contributed by atoms with Gasteiger partial charge in [-0.2, -0.15) is 0 Å². The van der Waals surface area contributed by atoms with Gasteiger partial charge >= 0.3 is 0 Å². The van der Waals surface area contributed by atoms with Gasteiger partial charge in [-0.15, -0.1) is 11.3 Å². The van der Waals surface area contributed by atoms with Crippen LogP contribution < -0.4 is 0 Å². The molecule has 1 saturated heterocycles. The minimum Gasteiger partial charge on any atom is -0.291 e. The van der Waals surface area contributed by atoms with Crippen LogP contribution in [0.1, 0.15) is 29.3 Å². The topological polar surface area (TPSA) is 29.0 Å². The van der Waals surface area contributed by atoms with Crippen LogP contribution >= 0.6 is 11.3 Å². The predicted molar refractivity (Wildman–Crippen MR) is 68.7 cm³/mol. The van der Waals surface area contributed by atoms with Gasteiger partial charge in [0.2, 0.25) is 0 Å². The first-order valence-corrected chi connectivity index (χ1v) is 6.83. The van der Waals surface area contributed by atoms with Gasteiger partial charge in [-0.05, 0) is 31.0 Å². The fourth-order valence-corrected chi connectivity index (χ4v) is 3.11. The van der Waals surface area contributed by atoms with E-state index in [9.17, 15) is 0 Å². The SMILES string of the molecule is c1cncc(C2CCCN2Cc2cncs2)c1. The Bertz CT molecular complexity index is 455. The lowest BCUT2D eigenvalue weighted by Crippen LogP contribution is -2.22. The van der Waals surface area contributed by atoms with Gasteiger partial charge in [-0.3, -0.25) is 14.9 Å². The zero-order chi connectivity index (χ0) is 11.5. The summed E-state index contributed by atoms with van der Waals surface area (Å²) in [6, 6.07) is 4.74. The Morgan fingerprint density at radius 1 is 1.35 bits per heavy atom. The molecule has 3 rings (SSSR count). The average molecular weight is 245 g/mol. The second kappa shape index (κ2) is 4.94. The Kier molecular flexibility index (Phi) is 3.16. The summed E-state index contributed by atoms with van der Waals surface area (Å²) in [5, 5.41) is 0. The summed E-state index contributed by atoms with van der Waals surface area (Å²) in [6.07, 6.45) is 8.33. The third kappa shape index (κ3) is 2.37. The zero-order valence-electron chi connectivity index (χ0n) is 9.62. The highest BCUT2D eigenvalue weighted by atomic mass is 32.1. The third-order valence-corrected chi connectivity index (χ3v) is 4.04. The number of rotatable bonds is 3. The van der Waals surface area contributed by atoms with Crippen molar-refractivity contribution in [1.29, 1.82) is 0 Å². The van der Waals surface area contributed by atoms with Crippen LogP contribution in [-0.4, -0.2) is 21.4 Å². The van der Waals surface area contributed by atoms with Gasteiger partial charge in [0.15, 0.2) is 0 Å². The van der Waals surface area contributed by atoms with Crippen molar-refractivity contribution < 1.29 is 0 Å². The highest BCUT2D eigenvalue weighted by Gasteiger charge is 2.26. The zero-order valence-corrected chi connectivity index (χ0v) is 10.4. The van der Waals surface area contributed by atoms with E-state index in [0.717, 1.165) is 6.54 Å². The van der Waals surface area contributed by atoms with Gasteiger partial charge in [0.05, 0.1) is 5.51 Å².